The number of anilines is 3. The summed E-state index contributed by atoms with van der Waals surface area (Å²) >= 11 is 6.26. The second-order valence-electron chi connectivity index (χ2n) is 11.6. The molecule has 2 atom stereocenters. The third kappa shape index (κ3) is 5.69. The zero-order valence-corrected chi connectivity index (χ0v) is 25.3. The minimum absolute atomic E-state index is 0.217. The van der Waals surface area contributed by atoms with Crippen molar-refractivity contribution in [1.29, 1.82) is 0 Å². The second kappa shape index (κ2) is 11.0. The van der Waals surface area contributed by atoms with E-state index in [0.29, 0.717) is 17.6 Å². The molecule has 0 spiro atoms. The first kappa shape index (κ1) is 28.0. The van der Waals surface area contributed by atoms with Crippen molar-refractivity contribution < 1.29 is 13.2 Å². The van der Waals surface area contributed by atoms with Gasteiger partial charge in [0, 0.05) is 55.9 Å². The van der Waals surface area contributed by atoms with Crippen LogP contribution in [0, 0.1) is 0 Å². The molecule has 0 radical (unpaired) electrons. The Balaban J connectivity index is 1.38. The summed E-state index contributed by atoms with van der Waals surface area (Å²) in [6, 6.07) is 9.00. The van der Waals surface area contributed by atoms with Gasteiger partial charge in [0.05, 0.1) is 29.2 Å². The summed E-state index contributed by atoms with van der Waals surface area (Å²) in [4.78, 5) is 27.7. The molecular weight excluding hydrogens is 564 g/mol. The number of hydrogen-bond acceptors (Lipinski definition) is 8. The highest BCUT2D eigenvalue weighted by Gasteiger charge is 2.34. The number of carbonyl (C=O) groups is 1. The molecule has 41 heavy (non-hydrogen) atoms. The highest BCUT2D eigenvalue weighted by molar-refractivity contribution is 7.92. The molecular formula is C28H37ClN8O3S. The van der Waals surface area contributed by atoms with E-state index in [1.165, 1.54) is 12.1 Å². The fraction of sp³-hybridized carbons (Fsp3) is 0.536. The molecule has 2 aromatic heterocycles. The maximum Gasteiger partial charge on any atom is 0.256 e. The molecule has 5 heterocycles. The van der Waals surface area contributed by atoms with Gasteiger partial charge < -0.3 is 19.6 Å². The van der Waals surface area contributed by atoms with Crippen LogP contribution in [0.2, 0.25) is 5.02 Å². The monoisotopic (exact) mass is 600 g/mol. The third-order valence-electron chi connectivity index (χ3n) is 8.42. The largest absolute Gasteiger partial charge is 0.356 e. The number of carbonyl (C=O) groups excluding carboxylic acids is 1. The number of nitrogens with zero attached hydrogens (tertiary/aromatic N) is 7. The molecule has 1 N–H and O–H groups in total. The highest BCUT2D eigenvalue weighted by atomic mass is 35.5. The molecule has 11 nitrogen and oxygen atoms in total. The van der Waals surface area contributed by atoms with Gasteiger partial charge in [-0.05, 0) is 64.4 Å². The van der Waals surface area contributed by atoms with Crippen LogP contribution in [0.25, 0.3) is 5.65 Å². The first-order valence-electron chi connectivity index (χ1n) is 14.2. The van der Waals surface area contributed by atoms with Gasteiger partial charge in [-0.3, -0.25) is 9.52 Å². The Labute approximate surface area is 246 Å². The zero-order valence-electron chi connectivity index (χ0n) is 23.8. The lowest BCUT2D eigenvalue weighted by atomic mass is 9.98. The lowest BCUT2D eigenvalue weighted by Gasteiger charge is -2.35. The molecule has 13 heteroatoms. The quantitative estimate of drug-likeness (QED) is 0.439. The summed E-state index contributed by atoms with van der Waals surface area (Å²) in [6.07, 6.45) is 5.88. The van der Waals surface area contributed by atoms with Crippen molar-refractivity contribution in [3.05, 3.63) is 46.6 Å². The van der Waals surface area contributed by atoms with E-state index in [1.807, 2.05) is 10.6 Å². The van der Waals surface area contributed by atoms with E-state index in [2.05, 4.69) is 39.6 Å². The molecule has 220 valence electrons. The van der Waals surface area contributed by atoms with E-state index in [-0.39, 0.29) is 23.2 Å². The smallest absolute Gasteiger partial charge is 0.256 e. The topological polar surface area (TPSA) is 106 Å². The Morgan fingerprint density at radius 1 is 1.02 bits per heavy atom. The number of aromatic nitrogens is 3. The molecule has 0 bridgehead atoms. The third-order valence-corrected chi connectivity index (χ3v) is 9.25. The van der Waals surface area contributed by atoms with Crippen molar-refractivity contribution in [2.45, 2.75) is 44.2 Å². The molecule has 3 aromatic rings. The maximum absolute atomic E-state index is 14.0. The van der Waals surface area contributed by atoms with Crippen molar-refractivity contribution in [2.75, 3.05) is 67.6 Å². The van der Waals surface area contributed by atoms with E-state index >= 15 is 0 Å². The molecule has 0 aliphatic carbocycles. The summed E-state index contributed by atoms with van der Waals surface area (Å²) in [5, 5.41) is 5.43. The summed E-state index contributed by atoms with van der Waals surface area (Å²) in [5.74, 6) is 1.71. The number of rotatable bonds is 7. The van der Waals surface area contributed by atoms with Gasteiger partial charge in [0.2, 0.25) is 10.0 Å². The number of hydrogen-bond donors (Lipinski definition) is 1. The lowest BCUT2D eigenvalue weighted by Crippen LogP contribution is -2.39. The Hall–Kier alpha value is -3.09. The molecule has 3 aliphatic heterocycles. The van der Waals surface area contributed by atoms with Gasteiger partial charge in [0.15, 0.2) is 5.65 Å². The van der Waals surface area contributed by atoms with Crippen LogP contribution in [0.1, 0.15) is 54.2 Å². The predicted molar refractivity (Wildman–Crippen MR) is 162 cm³/mol. The molecule has 3 aliphatic rings. The average Bonchev–Trinajstić information content (AvgIpc) is 3.55. The van der Waals surface area contributed by atoms with Crippen LogP contribution < -0.4 is 14.5 Å². The number of likely N-dealkylation sites (N-methyl/N-ethyl adjacent to an activating group) is 1. The van der Waals surface area contributed by atoms with Crippen LogP contribution in [-0.2, 0) is 10.0 Å². The predicted octanol–water partition coefficient (Wildman–Crippen LogP) is 3.47. The average molecular weight is 601 g/mol. The molecule has 1 aromatic carbocycles. The number of piperidine rings is 1. The number of sulfonamides is 1. The normalized spacial score (nSPS) is 21.5. The number of benzene rings is 1. The van der Waals surface area contributed by atoms with Gasteiger partial charge in [-0.15, -0.1) is 0 Å². The summed E-state index contributed by atoms with van der Waals surface area (Å²) in [7, 11) is 0.658. The van der Waals surface area contributed by atoms with Crippen LogP contribution in [0.5, 0.6) is 0 Å². The van der Waals surface area contributed by atoms with E-state index in [9.17, 15) is 13.2 Å². The number of fused-ring (bicyclic) bond motifs is 1. The van der Waals surface area contributed by atoms with Crippen LogP contribution in [0.3, 0.4) is 0 Å². The molecule has 3 fully saturated rings. The number of halogens is 1. The second-order valence-corrected chi connectivity index (χ2v) is 13.8. The van der Waals surface area contributed by atoms with E-state index in [4.69, 9.17) is 21.7 Å². The van der Waals surface area contributed by atoms with Crippen molar-refractivity contribution >= 4 is 50.5 Å². The molecule has 1 amide bonds. The number of likely N-dealkylation sites (tertiary alicyclic amines) is 1. The van der Waals surface area contributed by atoms with Crippen molar-refractivity contribution in [3.63, 3.8) is 0 Å². The minimum Gasteiger partial charge on any atom is -0.356 e. The molecule has 3 saturated heterocycles. The molecule has 2 unspecified atom stereocenters. The lowest BCUT2D eigenvalue weighted by molar-refractivity contribution is 0.0607. The Morgan fingerprint density at radius 2 is 1.83 bits per heavy atom. The van der Waals surface area contributed by atoms with Gasteiger partial charge in [-0.2, -0.15) is 9.61 Å². The number of nitrogens with one attached hydrogen (secondary N) is 1. The van der Waals surface area contributed by atoms with Crippen LogP contribution in [0.4, 0.5) is 17.3 Å². The Morgan fingerprint density at radius 3 is 2.51 bits per heavy atom. The minimum atomic E-state index is -3.59. The van der Waals surface area contributed by atoms with Gasteiger partial charge >= 0.3 is 0 Å². The van der Waals surface area contributed by atoms with E-state index < -0.39 is 10.0 Å². The fourth-order valence-electron chi connectivity index (χ4n) is 6.05. The SMILES string of the molecule is CN(C)C1CCN(c2cc(N3CCC3)nc3cc(C4CCCCN4C(=O)c4cc(Cl)ccc4NS(C)(=O)=O)nn23)C1. The highest BCUT2D eigenvalue weighted by Crippen LogP contribution is 2.36. The summed E-state index contributed by atoms with van der Waals surface area (Å²) < 4.78 is 28.5. The first-order chi connectivity index (χ1) is 19.6. The van der Waals surface area contributed by atoms with E-state index in [0.717, 1.165) is 87.5 Å². The number of amides is 1. The molecule has 0 saturated carbocycles. The van der Waals surface area contributed by atoms with Crippen LogP contribution in [-0.4, -0.2) is 97.8 Å². The van der Waals surface area contributed by atoms with Crippen LogP contribution >= 0.6 is 11.6 Å². The van der Waals surface area contributed by atoms with Crippen molar-refractivity contribution in [2.24, 2.45) is 0 Å². The zero-order chi connectivity index (χ0) is 28.9. The summed E-state index contributed by atoms with van der Waals surface area (Å²) in [5.41, 5.74) is 2.00. The van der Waals surface area contributed by atoms with Gasteiger partial charge in [0.1, 0.15) is 11.6 Å². The van der Waals surface area contributed by atoms with Gasteiger partial charge in [0.25, 0.3) is 5.91 Å². The Kier molecular flexibility index (Phi) is 7.50. The molecule has 6 rings (SSSR count). The standard InChI is InChI=1S/C28H37ClN8O3S/c1-33(2)20-10-14-35(18-20)27-17-25(34-11-6-12-34)30-26-16-23(31-37(26)27)24-7-4-5-13-36(24)28(38)21-15-19(29)8-9-22(21)32-41(3,39)40/h8-9,15-17,20,24,32H,4-7,10-14,18H2,1-3H3. The fourth-order valence-corrected chi connectivity index (χ4v) is 6.80. The van der Waals surface area contributed by atoms with Crippen molar-refractivity contribution in [1.82, 2.24) is 24.4 Å². The maximum atomic E-state index is 14.0. The van der Waals surface area contributed by atoms with E-state index in [1.54, 1.807) is 11.0 Å². The summed E-state index contributed by atoms with van der Waals surface area (Å²) in [6.45, 7) is 4.39. The van der Waals surface area contributed by atoms with Crippen molar-refractivity contribution in [3.8, 4) is 0 Å². The van der Waals surface area contributed by atoms with Gasteiger partial charge in [-0.25, -0.2) is 13.4 Å². The van der Waals surface area contributed by atoms with Gasteiger partial charge in [-0.1, -0.05) is 11.6 Å². The Bertz CT molecular complexity index is 1570. The van der Waals surface area contributed by atoms with Crippen LogP contribution in [0.15, 0.2) is 30.3 Å². The first-order valence-corrected chi connectivity index (χ1v) is 16.5.